The summed E-state index contributed by atoms with van der Waals surface area (Å²) in [6, 6.07) is 11.6. The van der Waals surface area contributed by atoms with Gasteiger partial charge in [-0.3, -0.25) is 0 Å². The SMILES string of the molecule is C.C.CC(C)(C)C(CC#N)Nc1nc(Cl)ncc1F.Cc1ccc(S(=O)(=O)n2cc(-c3ncc(F)c(CC(CC#N)C(C)(C)C)n3)c3cc(F)cc(F)c32)cc1. The smallest absolute Gasteiger partial charge is 0.268 e. The average molecular weight is 815 g/mol. The molecule has 0 saturated carbocycles. The molecule has 5 aromatic rings. The predicted octanol–water partition coefficient (Wildman–Crippen LogP) is 10.5. The molecule has 5 rings (SSSR count). The van der Waals surface area contributed by atoms with Crippen LogP contribution in [-0.2, 0) is 16.4 Å². The summed E-state index contributed by atoms with van der Waals surface area (Å²) in [5.74, 6) is -3.56. The molecule has 0 aliphatic heterocycles. The van der Waals surface area contributed by atoms with Crippen molar-refractivity contribution in [2.45, 2.75) is 93.5 Å². The lowest BCUT2D eigenvalue weighted by molar-refractivity contribution is 0.239. The molecule has 2 atom stereocenters. The molecule has 2 aromatic carbocycles. The Morgan fingerprint density at radius 2 is 1.46 bits per heavy atom. The number of rotatable bonds is 9. The van der Waals surface area contributed by atoms with Crippen LogP contribution in [0.5, 0.6) is 0 Å². The minimum Gasteiger partial charge on any atom is -0.363 e. The van der Waals surface area contributed by atoms with Crippen LogP contribution in [0.4, 0.5) is 23.4 Å². The van der Waals surface area contributed by atoms with Crippen LogP contribution in [0, 0.1) is 69.6 Å². The van der Waals surface area contributed by atoms with E-state index >= 15 is 4.39 Å². The van der Waals surface area contributed by atoms with E-state index in [4.69, 9.17) is 16.9 Å². The zero-order valence-electron chi connectivity index (χ0n) is 30.7. The van der Waals surface area contributed by atoms with Crippen LogP contribution < -0.4 is 5.32 Å². The van der Waals surface area contributed by atoms with E-state index in [0.29, 0.717) is 6.07 Å². The summed E-state index contributed by atoms with van der Waals surface area (Å²) >= 11 is 5.60. The number of aromatic nitrogens is 5. The summed E-state index contributed by atoms with van der Waals surface area (Å²) in [7, 11) is -4.28. The van der Waals surface area contributed by atoms with E-state index in [2.05, 4.69) is 37.4 Å². The zero-order valence-corrected chi connectivity index (χ0v) is 32.3. The number of halogens is 5. The fourth-order valence-corrected chi connectivity index (χ4v) is 6.93. The fraction of sp³-hybridized carbons (Fsp3) is 0.400. The maximum absolute atomic E-state index is 15.0. The summed E-state index contributed by atoms with van der Waals surface area (Å²) in [4.78, 5) is 15.5. The predicted molar refractivity (Wildman–Crippen MR) is 211 cm³/mol. The molecule has 16 heteroatoms. The topological polar surface area (TPSA) is 150 Å². The highest BCUT2D eigenvalue weighted by atomic mass is 35.5. The molecule has 0 radical (unpaired) electrons. The minimum absolute atomic E-state index is 0. The number of fused-ring (bicyclic) bond motifs is 1. The van der Waals surface area contributed by atoms with Gasteiger partial charge in [0.1, 0.15) is 11.3 Å². The quantitative estimate of drug-likeness (QED) is 0.113. The van der Waals surface area contributed by atoms with Crippen LogP contribution in [0.1, 0.15) is 80.5 Å². The Hall–Kier alpha value is -5.12. The highest BCUT2D eigenvalue weighted by molar-refractivity contribution is 7.90. The van der Waals surface area contributed by atoms with Gasteiger partial charge in [0.2, 0.25) is 5.28 Å². The van der Waals surface area contributed by atoms with Gasteiger partial charge < -0.3 is 5.32 Å². The molecular weight excluding hydrogens is 768 g/mol. The van der Waals surface area contributed by atoms with Crippen LogP contribution in [-0.4, -0.2) is 38.4 Å². The number of nitrogens with zero attached hydrogens (tertiary/aromatic N) is 7. The van der Waals surface area contributed by atoms with E-state index in [1.807, 2.05) is 41.5 Å². The number of aryl methyl sites for hydroxylation is 1. The lowest BCUT2D eigenvalue weighted by Gasteiger charge is -2.30. The van der Waals surface area contributed by atoms with Gasteiger partial charge in [-0.25, -0.2) is 44.9 Å². The number of nitrogens with one attached hydrogen (secondary N) is 1. The third-order valence-electron chi connectivity index (χ3n) is 8.79. The standard InChI is InChI=1S/C27H25F3N4O2S.C11H14ClFN4.2CH4/c1-16-5-7-19(8-6-16)37(35,36)34-15-21(20-12-18(28)13-22(29)25(20)34)26-32-14-23(30)24(33-26)11-17(9-10-31)27(2,3)4;1-11(2,3)8(4-5-14)16-9-7(13)6-15-10(12)17-9;;/h5-8,12-15,17H,9,11H2,1-4H3;6,8H,4H2,1-3H3,(H,15,16,17);2*1H4. The lowest BCUT2D eigenvalue weighted by Crippen LogP contribution is -2.34. The summed E-state index contributed by atoms with van der Waals surface area (Å²) in [6.45, 7) is 13.5. The van der Waals surface area contributed by atoms with Gasteiger partial charge in [0.15, 0.2) is 29.1 Å². The Kier molecular flexibility index (Phi) is 15.7. The first-order chi connectivity index (χ1) is 25.2. The second-order valence-electron chi connectivity index (χ2n) is 14.8. The van der Waals surface area contributed by atoms with E-state index in [1.54, 1.807) is 19.1 Å². The molecule has 2 unspecified atom stereocenters. The maximum Gasteiger partial charge on any atom is 0.268 e. The number of nitriles is 2. The third kappa shape index (κ3) is 11.0. The summed E-state index contributed by atoms with van der Waals surface area (Å²) < 4.78 is 85.1. The molecule has 1 N–H and O–H groups in total. The molecular formula is C40H47ClF4N8O2S. The van der Waals surface area contributed by atoms with Crippen molar-refractivity contribution in [2.75, 3.05) is 5.32 Å². The van der Waals surface area contributed by atoms with E-state index in [-0.39, 0.29) is 101 Å². The lowest BCUT2D eigenvalue weighted by atomic mass is 9.76. The molecule has 0 fully saturated rings. The highest BCUT2D eigenvalue weighted by Gasteiger charge is 2.29. The van der Waals surface area contributed by atoms with Crippen LogP contribution >= 0.6 is 11.6 Å². The van der Waals surface area contributed by atoms with Gasteiger partial charge in [-0.15, -0.1) is 0 Å². The molecule has 0 spiro atoms. The number of anilines is 1. The van der Waals surface area contributed by atoms with Gasteiger partial charge in [-0.05, 0) is 59.9 Å². The highest BCUT2D eigenvalue weighted by Crippen LogP contribution is 2.36. The van der Waals surface area contributed by atoms with E-state index in [1.165, 1.54) is 12.1 Å². The second-order valence-corrected chi connectivity index (χ2v) is 17.0. The number of hydrogen-bond acceptors (Lipinski definition) is 9. The third-order valence-corrected chi connectivity index (χ3v) is 10.6. The van der Waals surface area contributed by atoms with Gasteiger partial charge in [0, 0.05) is 35.7 Å². The first kappa shape index (κ1) is 47.0. The molecule has 3 aromatic heterocycles. The van der Waals surface area contributed by atoms with Crippen molar-refractivity contribution in [2.24, 2.45) is 16.7 Å². The van der Waals surface area contributed by atoms with Crippen molar-refractivity contribution in [3.05, 3.63) is 94.8 Å². The van der Waals surface area contributed by atoms with Crippen molar-refractivity contribution in [1.82, 2.24) is 23.9 Å². The molecule has 3 heterocycles. The Morgan fingerprint density at radius 1 is 0.857 bits per heavy atom. The van der Waals surface area contributed by atoms with E-state index in [9.17, 15) is 26.9 Å². The van der Waals surface area contributed by atoms with Crippen molar-refractivity contribution in [3.63, 3.8) is 0 Å². The Labute approximate surface area is 331 Å². The molecule has 0 bridgehead atoms. The van der Waals surface area contributed by atoms with E-state index < -0.39 is 33.3 Å². The van der Waals surface area contributed by atoms with Gasteiger partial charge in [0.25, 0.3) is 10.0 Å². The van der Waals surface area contributed by atoms with Gasteiger partial charge in [-0.1, -0.05) is 74.1 Å². The molecule has 0 saturated heterocycles. The van der Waals surface area contributed by atoms with Crippen molar-refractivity contribution >= 4 is 38.3 Å². The molecule has 0 aliphatic rings. The fourth-order valence-electron chi connectivity index (χ4n) is 5.42. The monoisotopic (exact) mass is 814 g/mol. The van der Waals surface area contributed by atoms with Crippen LogP contribution in [0.2, 0.25) is 5.28 Å². The van der Waals surface area contributed by atoms with Gasteiger partial charge in [0.05, 0.1) is 41.5 Å². The van der Waals surface area contributed by atoms with Crippen molar-refractivity contribution < 1.29 is 26.0 Å². The van der Waals surface area contributed by atoms with Gasteiger partial charge >= 0.3 is 0 Å². The molecule has 300 valence electrons. The Bertz CT molecular complexity index is 2340. The largest absolute Gasteiger partial charge is 0.363 e. The first-order valence-corrected chi connectivity index (χ1v) is 18.5. The molecule has 0 aliphatic carbocycles. The van der Waals surface area contributed by atoms with Crippen LogP contribution in [0.25, 0.3) is 22.3 Å². The van der Waals surface area contributed by atoms with Crippen LogP contribution in [0.3, 0.4) is 0 Å². The molecule has 10 nitrogen and oxygen atoms in total. The number of hydrogen-bond donors (Lipinski definition) is 1. The van der Waals surface area contributed by atoms with Crippen molar-refractivity contribution in [1.29, 1.82) is 10.5 Å². The first-order valence-electron chi connectivity index (χ1n) is 16.7. The maximum atomic E-state index is 15.0. The van der Waals surface area contributed by atoms with Crippen molar-refractivity contribution in [3.8, 4) is 23.5 Å². The second kappa shape index (κ2) is 18.7. The Morgan fingerprint density at radius 3 is 2.04 bits per heavy atom. The normalized spacial score (nSPS) is 12.5. The number of benzene rings is 2. The zero-order chi connectivity index (χ0) is 40.2. The van der Waals surface area contributed by atoms with E-state index in [0.717, 1.165) is 34.2 Å². The average Bonchev–Trinajstić information content (AvgIpc) is 3.47. The Balaban J connectivity index is 0.000000483. The molecule has 0 amide bonds. The minimum atomic E-state index is -4.28. The van der Waals surface area contributed by atoms with Gasteiger partial charge in [-0.2, -0.15) is 15.5 Å². The summed E-state index contributed by atoms with van der Waals surface area (Å²) in [6.07, 6.45) is 3.62. The summed E-state index contributed by atoms with van der Waals surface area (Å²) in [5.41, 5.74) is 0.000285. The van der Waals surface area contributed by atoms with Crippen LogP contribution in [0.15, 0.2) is 59.9 Å². The molecule has 56 heavy (non-hydrogen) atoms. The summed E-state index contributed by atoms with van der Waals surface area (Å²) in [5, 5.41) is 20.8.